The van der Waals surface area contributed by atoms with Crippen LogP contribution in [0.15, 0.2) is 29.6 Å². The van der Waals surface area contributed by atoms with Gasteiger partial charge in [0.05, 0.1) is 11.7 Å². The second-order valence-corrected chi connectivity index (χ2v) is 4.80. The van der Waals surface area contributed by atoms with Gasteiger partial charge in [0.1, 0.15) is 5.69 Å². The molecule has 0 fully saturated rings. The molecule has 0 unspecified atom stereocenters. The van der Waals surface area contributed by atoms with E-state index < -0.39 is 0 Å². The van der Waals surface area contributed by atoms with E-state index in [4.69, 9.17) is 0 Å². The van der Waals surface area contributed by atoms with Crippen molar-refractivity contribution in [1.29, 1.82) is 0 Å². The van der Waals surface area contributed by atoms with Gasteiger partial charge < -0.3 is 5.32 Å². The number of hydrogen-bond donors (Lipinski definition) is 1. The second kappa shape index (κ2) is 3.84. The molecule has 80 valence electrons. The first kappa shape index (κ1) is 9.74. The predicted octanol–water partition coefficient (Wildman–Crippen LogP) is 3.46. The van der Waals surface area contributed by atoms with Crippen molar-refractivity contribution < 1.29 is 0 Å². The highest BCUT2D eigenvalue weighted by Gasteiger charge is 2.12. The Labute approximate surface area is 101 Å². The third-order valence-electron chi connectivity index (χ3n) is 2.46. The minimum atomic E-state index is 0.853. The van der Waals surface area contributed by atoms with Crippen LogP contribution in [0.5, 0.6) is 0 Å². The van der Waals surface area contributed by atoms with E-state index in [1.165, 1.54) is 21.8 Å². The lowest BCUT2D eigenvalue weighted by molar-refractivity contribution is 1.41. The second-order valence-electron chi connectivity index (χ2n) is 3.36. The monoisotopic (exact) mass is 247 g/mol. The van der Waals surface area contributed by atoms with Crippen LogP contribution in [0.4, 0.5) is 5.82 Å². The lowest BCUT2D eigenvalue weighted by atomic mass is 10.1. The van der Waals surface area contributed by atoms with E-state index >= 15 is 0 Å². The summed E-state index contributed by atoms with van der Waals surface area (Å²) in [5.74, 6) is 0.853. The molecular weight excluding hydrogens is 238 g/mol. The third kappa shape index (κ3) is 1.40. The van der Waals surface area contributed by atoms with Crippen molar-refractivity contribution in [3.8, 4) is 11.3 Å². The topological polar surface area (TPSA) is 37.8 Å². The number of rotatable bonds is 2. The van der Waals surface area contributed by atoms with Crippen LogP contribution in [-0.2, 0) is 0 Å². The molecule has 0 saturated heterocycles. The SMILES string of the molecule is CNc1nsnc1-c1cccc2ccsc12. The van der Waals surface area contributed by atoms with Crippen LogP contribution < -0.4 is 5.32 Å². The maximum atomic E-state index is 4.36. The van der Waals surface area contributed by atoms with E-state index in [0.717, 1.165) is 17.1 Å². The van der Waals surface area contributed by atoms with Crippen molar-refractivity contribution in [3.63, 3.8) is 0 Å². The van der Waals surface area contributed by atoms with Gasteiger partial charge in [0.25, 0.3) is 0 Å². The Morgan fingerprint density at radius 3 is 3.00 bits per heavy atom. The molecule has 5 heteroatoms. The van der Waals surface area contributed by atoms with E-state index in [1.54, 1.807) is 11.3 Å². The fourth-order valence-corrected chi connectivity index (χ4v) is 3.19. The van der Waals surface area contributed by atoms with Gasteiger partial charge in [-0.15, -0.1) is 11.3 Å². The molecule has 0 aliphatic carbocycles. The molecule has 0 spiro atoms. The first-order valence-electron chi connectivity index (χ1n) is 4.87. The minimum absolute atomic E-state index is 0.853. The number of hydrogen-bond acceptors (Lipinski definition) is 5. The number of nitrogens with one attached hydrogen (secondary N) is 1. The largest absolute Gasteiger partial charge is 0.370 e. The fourth-order valence-electron chi connectivity index (χ4n) is 1.71. The highest BCUT2D eigenvalue weighted by Crippen LogP contribution is 2.34. The van der Waals surface area contributed by atoms with Crippen LogP contribution in [0.3, 0.4) is 0 Å². The zero-order valence-electron chi connectivity index (χ0n) is 8.60. The number of nitrogens with zero attached hydrogens (tertiary/aromatic N) is 2. The molecule has 3 nitrogen and oxygen atoms in total. The van der Waals surface area contributed by atoms with Crippen molar-refractivity contribution in [3.05, 3.63) is 29.6 Å². The van der Waals surface area contributed by atoms with E-state index in [1.807, 2.05) is 7.05 Å². The Bertz CT molecular complexity index is 627. The molecule has 0 amide bonds. The van der Waals surface area contributed by atoms with Gasteiger partial charge in [0.15, 0.2) is 5.82 Å². The molecule has 1 aromatic carbocycles. The number of thiophene rings is 1. The Morgan fingerprint density at radius 1 is 1.19 bits per heavy atom. The quantitative estimate of drug-likeness (QED) is 0.753. The average molecular weight is 247 g/mol. The molecule has 0 radical (unpaired) electrons. The summed E-state index contributed by atoms with van der Waals surface area (Å²) < 4.78 is 9.86. The molecule has 0 saturated carbocycles. The molecule has 0 aliphatic rings. The number of anilines is 1. The first-order valence-corrected chi connectivity index (χ1v) is 6.48. The molecule has 2 heterocycles. The van der Waals surface area contributed by atoms with Crippen molar-refractivity contribution in [2.24, 2.45) is 0 Å². The van der Waals surface area contributed by atoms with Crippen LogP contribution in [-0.4, -0.2) is 15.8 Å². The van der Waals surface area contributed by atoms with Crippen molar-refractivity contribution >= 4 is 39.0 Å². The van der Waals surface area contributed by atoms with Crippen LogP contribution in [0.25, 0.3) is 21.3 Å². The molecule has 2 aromatic heterocycles. The minimum Gasteiger partial charge on any atom is -0.370 e. The molecule has 0 bridgehead atoms. The lowest BCUT2D eigenvalue weighted by Crippen LogP contribution is -1.90. The summed E-state index contributed by atoms with van der Waals surface area (Å²) in [6, 6.07) is 8.40. The third-order valence-corrected chi connectivity index (χ3v) is 3.95. The first-order chi connectivity index (χ1) is 7.90. The summed E-state index contributed by atoms with van der Waals surface area (Å²) in [7, 11) is 1.87. The van der Waals surface area contributed by atoms with Crippen LogP contribution >= 0.6 is 23.1 Å². The van der Waals surface area contributed by atoms with Gasteiger partial charge in [-0.1, -0.05) is 18.2 Å². The molecule has 0 aliphatic heterocycles. The summed E-state index contributed by atoms with van der Waals surface area (Å²) in [5.41, 5.74) is 2.10. The van der Waals surface area contributed by atoms with Crippen molar-refractivity contribution in [2.45, 2.75) is 0 Å². The van der Waals surface area contributed by atoms with Crippen LogP contribution in [0.2, 0.25) is 0 Å². The van der Waals surface area contributed by atoms with E-state index in [-0.39, 0.29) is 0 Å². The van der Waals surface area contributed by atoms with Gasteiger partial charge in [-0.2, -0.15) is 8.75 Å². The molecule has 16 heavy (non-hydrogen) atoms. The Kier molecular flexibility index (Phi) is 2.34. The fraction of sp³-hybridized carbons (Fsp3) is 0.0909. The summed E-state index contributed by atoms with van der Waals surface area (Å²) in [5, 5.41) is 6.44. The van der Waals surface area contributed by atoms with Crippen LogP contribution in [0.1, 0.15) is 0 Å². The molecule has 3 rings (SSSR count). The normalized spacial score (nSPS) is 10.8. The number of fused-ring (bicyclic) bond motifs is 1. The van der Waals surface area contributed by atoms with Gasteiger partial charge in [-0.3, -0.25) is 0 Å². The summed E-state index contributed by atoms with van der Waals surface area (Å²) in [6.45, 7) is 0. The maximum Gasteiger partial charge on any atom is 0.167 e. The highest BCUT2D eigenvalue weighted by atomic mass is 32.1. The standard InChI is InChI=1S/C11H9N3S2/c1-12-11-9(13-16-14-11)8-4-2-3-7-5-6-15-10(7)8/h2-6H,1H3,(H,12,14). The summed E-state index contributed by atoms with van der Waals surface area (Å²) in [6.07, 6.45) is 0. The molecule has 3 aromatic rings. The molecular formula is C11H9N3S2. The Hall–Kier alpha value is -1.46. The summed E-state index contributed by atoms with van der Waals surface area (Å²) >= 11 is 2.98. The van der Waals surface area contributed by atoms with E-state index in [9.17, 15) is 0 Å². The van der Waals surface area contributed by atoms with E-state index in [0.29, 0.717) is 0 Å². The van der Waals surface area contributed by atoms with E-state index in [2.05, 4.69) is 43.7 Å². The van der Waals surface area contributed by atoms with Gasteiger partial charge in [0, 0.05) is 17.3 Å². The zero-order valence-corrected chi connectivity index (χ0v) is 10.2. The maximum absolute atomic E-state index is 4.36. The molecule has 1 N–H and O–H groups in total. The Morgan fingerprint density at radius 2 is 2.12 bits per heavy atom. The van der Waals surface area contributed by atoms with Gasteiger partial charge in [-0.05, 0) is 16.8 Å². The van der Waals surface area contributed by atoms with Crippen molar-refractivity contribution in [1.82, 2.24) is 8.75 Å². The van der Waals surface area contributed by atoms with Gasteiger partial charge in [-0.25, -0.2) is 0 Å². The smallest absolute Gasteiger partial charge is 0.167 e. The number of benzene rings is 1. The number of aromatic nitrogens is 2. The molecule has 0 atom stereocenters. The zero-order chi connectivity index (χ0) is 11.0. The van der Waals surface area contributed by atoms with Gasteiger partial charge >= 0.3 is 0 Å². The van der Waals surface area contributed by atoms with Crippen LogP contribution in [0, 0.1) is 0 Å². The Balaban J connectivity index is 2.29. The lowest BCUT2D eigenvalue weighted by Gasteiger charge is -2.01. The predicted molar refractivity (Wildman–Crippen MR) is 70.3 cm³/mol. The van der Waals surface area contributed by atoms with Gasteiger partial charge in [0.2, 0.25) is 0 Å². The highest BCUT2D eigenvalue weighted by molar-refractivity contribution is 7.17. The van der Waals surface area contributed by atoms with Crippen molar-refractivity contribution in [2.75, 3.05) is 12.4 Å². The average Bonchev–Trinajstić information content (AvgIpc) is 2.96. The summed E-state index contributed by atoms with van der Waals surface area (Å²) in [4.78, 5) is 0.